The van der Waals surface area contributed by atoms with E-state index in [-0.39, 0.29) is 12.5 Å². The zero-order chi connectivity index (χ0) is 18.1. The zero-order valence-electron chi connectivity index (χ0n) is 14.9. The van der Waals surface area contributed by atoms with Gasteiger partial charge in [-0.05, 0) is 38.0 Å². The van der Waals surface area contributed by atoms with E-state index in [0.717, 1.165) is 37.0 Å². The molecule has 1 aromatic heterocycles. The fourth-order valence-electron chi connectivity index (χ4n) is 2.42. The van der Waals surface area contributed by atoms with Gasteiger partial charge in [-0.2, -0.15) is 5.10 Å². The summed E-state index contributed by atoms with van der Waals surface area (Å²) in [5.74, 6) is 0.590. The molecule has 1 heterocycles. The van der Waals surface area contributed by atoms with Crippen molar-refractivity contribution in [2.75, 3.05) is 19.8 Å². The maximum absolute atomic E-state index is 12.2. The summed E-state index contributed by atoms with van der Waals surface area (Å²) in [5, 5.41) is 9.94. The van der Waals surface area contributed by atoms with Crippen LogP contribution in [0.4, 0.5) is 0 Å². The van der Waals surface area contributed by atoms with Gasteiger partial charge in [-0.3, -0.25) is 14.5 Å². The van der Waals surface area contributed by atoms with Crippen LogP contribution in [0.1, 0.15) is 31.7 Å². The molecule has 25 heavy (non-hydrogen) atoms. The number of aromatic amines is 1. The van der Waals surface area contributed by atoms with E-state index in [0.29, 0.717) is 23.7 Å². The molecular weight excluding hydrogens is 336 g/mol. The van der Waals surface area contributed by atoms with E-state index >= 15 is 0 Å². The molecule has 2 aromatic rings. The van der Waals surface area contributed by atoms with E-state index in [1.54, 1.807) is 4.57 Å². The largest absolute Gasteiger partial charge is 0.381 e. The van der Waals surface area contributed by atoms with Gasteiger partial charge in [0.25, 0.3) is 0 Å². The lowest BCUT2D eigenvalue weighted by atomic mass is 10.1. The minimum Gasteiger partial charge on any atom is -0.381 e. The van der Waals surface area contributed by atoms with Crippen molar-refractivity contribution in [2.45, 2.75) is 39.7 Å². The molecule has 2 rings (SSSR count). The van der Waals surface area contributed by atoms with Crippen molar-refractivity contribution in [1.82, 2.24) is 20.1 Å². The van der Waals surface area contributed by atoms with E-state index < -0.39 is 0 Å². The Labute approximate surface area is 153 Å². The van der Waals surface area contributed by atoms with Gasteiger partial charge in [0.2, 0.25) is 5.91 Å². The number of carbonyl (C=O) groups is 1. The van der Waals surface area contributed by atoms with Gasteiger partial charge in [0, 0.05) is 25.3 Å². The SMILES string of the molecule is CCCCOCCCNC(=O)Cn1c(-c2cccc(C)c2)n[nH]c1=S. The summed E-state index contributed by atoms with van der Waals surface area (Å²) >= 11 is 5.26. The van der Waals surface area contributed by atoms with Crippen LogP contribution in [0, 0.1) is 11.7 Å². The molecule has 1 amide bonds. The summed E-state index contributed by atoms with van der Waals surface area (Å²) in [7, 11) is 0. The van der Waals surface area contributed by atoms with Crippen molar-refractivity contribution in [2.24, 2.45) is 0 Å². The van der Waals surface area contributed by atoms with Crippen molar-refractivity contribution in [3.63, 3.8) is 0 Å². The summed E-state index contributed by atoms with van der Waals surface area (Å²) in [6.45, 7) is 6.35. The van der Waals surface area contributed by atoms with Gasteiger partial charge in [-0.1, -0.05) is 37.1 Å². The number of amides is 1. The summed E-state index contributed by atoms with van der Waals surface area (Å²) in [4.78, 5) is 12.2. The molecule has 6 nitrogen and oxygen atoms in total. The van der Waals surface area contributed by atoms with Gasteiger partial charge < -0.3 is 10.1 Å². The second-order valence-corrected chi connectivity index (χ2v) is 6.36. The van der Waals surface area contributed by atoms with Gasteiger partial charge in [-0.15, -0.1) is 0 Å². The second kappa shape index (κ2) is 10.1. The Morgan fingerprint density at radius 3 is 2.92 bits per heavy atom. The monoisotopic (exact) mass is 362 g/mol. The smallest absolute Gasteiger partial charge is 0.240 e. The first-order chi connectivity index (χ1) is 12.1. The Morgan fingerprint density at radius 2 is 2.16 bits per heavy atom. The maximum atomic E-state index is 12.2. The molecule has 0 unspecified atom stereocenters. The van der Waals surface area contributed by atoms with Gasteiger partial charge in [0.05, 0.1) is 0 Å². The van der Waals surface area contributed by atoms with Crippen LogP contribution in [0.2, 0.25) is 0 Å². The van der Waals surface area contributed by atoms with E-state index in [2.05, 4.69) is 22.4 Å². The Bertz CT molecular complexity index is 739. The molecule has 0 radical (unpaired) electrons. The van der Waals surface area contributed by atoms with E-state index in [4.69, 9.17) is 17.0 Å². The molecule has 2 N–H and O–H groups in total. The summed E-state index contributed by atoms with van der Waals surface area (Å²) in [6, 6.07) is 7.96. The summed E-state index contributed by atoms with van der Waals surface area (Å²) < 4.78 is 7.64. The summed E-state index contributed by atoms with van der Waals surface area (Å²) in [5.41, 5.74) is 2.06. The topological polar surface area (TPSA) is 71.9 Å². The fourth-order valence-corrected chi connectivity index (χ4v) is 2.62. The number of H-pyrrole nitrogens is 1. The van der Waals surface area contributed by atoms with E-state index in [1.807, 2.05) is 31.2 Å². The van der Waals surface area contributed by atoms with Crippen LogP contribution in [-0.2, 0) is 16.1 Å². The molecule has 0 atom stereocenters. The number of nitrogens with one attached hydrogen (secondary N) is 2. The summed E-state index contributed by atoms with van der Waals surface area (Å²) in [6.07, 6.45) is 3.01. The first-order valence-electron chi connectivity index (χ1n) is 8.68. The molecule has 0 aliphatic heterocycles. The highest BCUT2D eigenvalue weighted by atomic mass is 32.1. The lowest BCUT2D eigenvalue weighted by molar-refractivity contribution is -0.121. The zero-order valence-corrected chi connectivity index (χ0v) is 15.7. The van der Waals surface area contributed by atoms with Crippen molar-refractivity contribution < 1.29 is 9.53 Å². The van der Waals surface area contributed by atoms with Crippen LogP contribution >= 0.6 is 12.2 Å². The van der Waals surface area contributed by atoms with Crippen LogP contribution in [0.3, 0.4) is 0 Å². The lowest BCUT2D eigenvalue weighted by Crippen LogP contribution is -2.29. The Balaban J connectivity index is 1.87. The minimum absolute atomic E-state index is 0.0834. The standard InChI is InChI=1S/C18H26N4O2S/c1-3-4-10-24-11-6-9-19-16(23)13-22-17(20-21-18(22)25)15-8-5-7-14(2)12-15/h5,7-8,12H,3-4,6,9-11,13H2,1-2H3,(H,19,23)(H,21,25). The lowest BCUT2D eigenvalue weighted by Gasteiger charge is -2.09. The number of hydrogen-bond donors (Lipinski definition) is 2. The van der Waals surface area contributed by atoms with Crippen LogP contribution in [0.25, 0.3) is 11.4 Å². The van der Waals surface area contributed by atoms with Crippen molar-refractivity contribution >= 4 is 18.1 Å². The molecule has 0 saturated heterocycles. The Kier molecular flexibility index (Phi) is 7.81. The highest BCUT2D eigenvalue weighted by Gasteiger charge is 2.12. The Hall–Kier alpha value is -1.99. The van der Waals surface area contributed by atoms with Gasteiger partial charge in [0.15, 0.2) is 10.6 Å². The third-order valence-corrected chi connectivity index (χ3v) is 4.08. The number of rotatable bonds is 10. The van der Waals surface area contributed by atoms with Crippen LogP contribution < -0.4 is 5.32 Å². The highest BCUT2D eigenvalue weighted by molar-refractivity contribution is 7.71. The molecule has 1 aromatic carbocycles. The number of unbranched alkanes of at least 4 members (excludes halogenated alkanes) is 1. The third kappa shape index (κ3) is 6.10. The van der Waals surface area contributed by atoms with E-state index in [9.17, 15) is 4.79 Å². The van der Waals surface area contributed by atoms with Crippen molar-refractivity contribution in [3.8, 4) is 11.4 Å². The normalized spacial score (nSPS) is 10.8. The average molecular weight is 362 g/mol. The molecule has 0 bridgehead atoms. The second-order valence-electron chi connectivity index (χ2n) is 5.98. The van der Waals surface area contributed by atoms with Gasteiger partial charge in [-0.25, -0.2) is 0 Å². The number of benzene rings is 1. The molecule has 7 heteroatoms. The molecule has 136 valence electrons. The van der Waals surface area contributed by atoms with Gasteiger partial charge in [0.1, 0.15) is 6.54 Å². The molecule has 0 saturated carbocycles. The van der Waals surface area contributed by atoms with Crippen LogP contribution in [0.5, 0.6) is 0 Å². The van der Waals surface area contributed by atoms with Crippen LogP contribution in [0.15, 0.2) is 24.3 Å². The van der Waals surface area contributed by atoms with Gasteiger partial charge >= 0.3 is 0 Å². The molecule has 0 fully saturated rings. The molecule has 0 spiro atoms. The molecule has 0 aliphatic carbocycles. The number of carbonyl (C=O) groups excluding carboxylic acids is 1. The predicted molar refractivity (Wildman–Crippen MR) is 101 cm³/mol. The van der Waals surface area contributed by atoms with E-state index in [1.165, 1.54) is 0 Å². The quantitative estimate of drug-likeness (QED) is 0.503. The fraction of sp³-hybridized carbons (Fsp3) is 0.500. The highest BCUT2D eigenvalue weighted by Crippen LogP contribution is 2.18. The predicted octanol–water partition coefficient (Wildman–Crippen LogP) is 3.24. The van der Waals surface area contributed by atoms with Crippen LogP contribution in [-0.4, -0.2) is 40.4 Å². The third-order valence-electron chi connectivity index (χ3n) is 3.77. The average Bonchev–Trinajstić information content (AvgIpc) is 2.95. The van der Waals surface area contributed by atoms with Crippen molar-refractivity contribution in [3.05, 3.63) is 34.6 Å². The number of aromatic nitrogens is 3. The first-order valence-corrected chi connectivity index (χ1v) is 9.09. The first kappa shape index (κ1) is 19.3. The molecule has 0 aliphatic rings. The Morgan fingerprint density at radius 1 is 1.36 bits per heavy atom. The number of ether oxygens (including phenoxy) is 1. The van der Waals surface area contributed by atoms with Crippen molar-refractivity contribution in [1.29, 1.82) is 0 Å². The minimum atomic E-state index is -0.0834. The number of hydrogen-bond acceptors (Lipinski definition) is 4. The number of aryl methyl sites for hydroxylation is 1. The number of nitrogens with zero attached hydrogens (tertiary/aromatic N) is 2. The molecular formula is C18H26N4O2S. The maximum Gasteiger partial charge on any atom is 0.240 e.